The van der Waals surface area contributed by atoms with Crippen LogP contribution in [0.25, 0.3) is 98.8 Å². The summed E-state index contributed by atoms with van der Waals surface area (Å²) in [6.07, 6.45) is 0. The normalized spacial score (nSPS) is 11.9. The van der Waals surface area contributed by atoms with Crippen molar-refractivity contribution in [3.8, 4) is 33.6 Å². The van der Waals surface area contributed by atoms with Crippen molar-refractivity contribution in [1.82, 2.24) is 9.13 Å². The van der Waals surface area contributed by atoms with Gasteiger partial charge in [0.05, 0.1) is 22.1 Å². The van der Waals surface area contributed by atoms with Crippen molar-refractivity contribution in [3.63, 3.8) is 0 Å². The van der Waals surface area contributed by atoms with E-state index in [1.165, 1.54) is 48.5 Å². The predicted molar refractivity (Wildman–Crippen MR) is 221 cm³/mol. The molecule has 0 spiro atoms. The van der Waals surface area contributed by atoms with Gasteiger partial charge in [0, 0.05) is 32.9 Å². The van der Waals surface area contributed by atoms with E-state index < -0.39 is 0 Å². The summed E-state index contributed by atoms with van der Waals surface area (Å²) in [6, 6.07) is 52.0. The van der Waals surface area contributed by atoms with Crippen molar-refractivity contribution in [2.45, 2.75) is 0 Å². The Morgan fingerprint density at radius 1 is 0.268 bits per heavy atom. The standard InChI is InChI=1S/C50H28F4N2/c51-31-11-19-45-39(23-31)40-24-32(52)12-20-46(40)55(45)35-16-18-38-43(27-35)49(29-7-3-1-4-8-29)37-17-15-36(28-44(37)50(38)30-9-5-2-6-10-30)56-47-21-13-33(53)25-41(47)42-26-34(54)14-22-48(42)56/h1-28H. The number of rotatable bonds is 4. The van der Waals surface area contributed by atoms with Crippen molar-refractivity contribution in [2.24, 2.45) is 0 Å². The van der Waals surface area contributed by atoms with E-state index >= 15 is 0 Å². The maximum Gasteiger partial charge on any atom is 0.123 e. The van der Waals surface area contributed by atoms with Crippen LogP contribution >= 0.6 is 0 Å². The first-order valence-corrected chi connectivity index (χ1v) is 18.3. The van der Waals surface area contributed by atoms with Gasteiger partial charge in [0.25, 0.3) is 0 Å². The van der Waals surface area contributed by atoms with Gasteiger partial charge in [-0.3, -0.25) is 0 Å². The summed E-state index contributed by atoms with van der Waals surface area (Å²) in [5.74, 6) is -1.54. The molecule has 2 nitrogen and oxygen atoms in total. The highest BCUT2D eigenvalue weighted by atomic mass is 19.1. The van der Waals surface area contributed by atoms with Gasteiger partial charge in [-0.1, -0.05) is 72.8 Å². The fourth-order valence-corrected chi connectivity index (χ4v) is 8.81. The Balaban J connectivity index is 1.27. The SMILES string of the molecule is Fc1ccc2c(c1)c1cc(F)ccc1n2-c1ccc2c(-c3ccccc3)c3cc(-n4c5ccc(F)cc5c5cc(F)ccc54)ccc3c(-c3ccccc3)c2c1. The average molecular weight is 733 g/mol. The van der Waals surface area contributed by atoms with E-state index in [1.54, 1.807) is 24.3 Å². The van der Waals surface area contributed by atoms with Crippen LogP contribution in [0.3, 0.4) is 0 Å². The van der Waals surface area contributed by atoms with E-state index in [0.717, 1.165) is 77.2 Å². The molecule has 0 fully saturated rings. The van der Waals surface area contributed by atoms with Crippen molar-refractivity contribution in [2.75, 3.05) is 0 Å². The minimum Gasteiger partial charge on any atom is -0.309 e. The lowest BCUT2D eigenvalue weighted by atomic mass is 9.85. The Morgan fingerprint density at radius 2 is 0.589 bits per heavy atom. The molecule has 0 N–H and O–H groups in total. The van der Waals surface area contributed by atoms with Gasteiger partial charge >= 0.3 is 0 Å². The first kappa shape index (κ1) is 32.3. The van der Waals surface area contributed by atoms with Crippen LogP contribution in [0.4, 0.5) is 17.6 Å². The molecular weight excluding hydrogens is 705 g/mol. The molecule has 0 saturated carbocycles. The molecule has 0 aliphatic heterocycles. The van der Waals surface area contributed by atoms with Crippen LogP contribution in [-0.2, 0) is 0 Å². The van der Waals surface area contributed by atoms with Crippen LogP contribution in [0.2, 0.25) is 0 Å². The monoisotopic (exact) mass is 732 g/mol. The number of aromatic nitrogens is 2. The summed E-state index contributed by atoms with van der Waals surface area (Å²) in [4.78, 5) is 0. The van der Waals surface area contributed by atoms with Gasteiger partial charge in [0.1, 0.15) is 23.3 Å². The first-order chi connectivity index (χ1) is 27.4. The molecule has 6 heteroatoms. The Morgan fingerprint density at radius 3 is 0.911 bits per heavy atom. The highest BCUT2D eigenvalue weighted by Gasteiger charge is 2.21. The molecule has 11 aromatic rings. The number of fused-ring (bicyclic) bond motifs is 8. The molecule has 0 radical (unpaired) electrons. The smallest absolute Gasteiger partial charge is 0.123 e. The lowest BCUT2D eigenvalue weighted by molar-refractivity contribution is 0.628. The minimum atomic E-state index is -0.385. The zero-order chi connectivity index (χ0) is 37.7. The highest BCUT2D eigenvalue weighted by molar-refractivity contribution is 6.22. The third kappa shape index (κ3) is 4.82. The molecule has 0 aliphatic rings. The van der Waals surface area contributed by atoms with E-state index in [-0.39, 0.29) is 23.3 Å². The van der Waals surface area contributed by atoms with Gasteiger partial charge in [0.2, 0.25) is 0 Å². The van der Waals surface area contributed by atoms with Crippen molar-refractivity contribution >= 4 is 65.2 Å². The Kier molecular flexibility index (Phi) is 7.01. The van der Waals surface area contributed by atoms with Crippen LogP contribution in [-0.4, -0.2) is 9.13 Å². The minimum absolute atomic E-state index is 0.385. The lowest BCUT2D eigenvalue weighted by Gasteiger charge is -2.20. The fourth-order valence-electron chi connectivity index (χ4n) is 8.81. The summed E-state index contributed by atoms with van der Waals surface area (Å²) >= 11 is 0. The van der Waals surface area contributed by atoms with Crippen LogP contribution in [0, 0.1) is 23.3 Å². The van der Waals surface area contributed by atoms with Gasteiger partial charge in [-0.15, -0.1) is 0 Å². The van der Waals surface area contributed by atoms with Crippen LogP contribution in [0.5, 0.6) is 0 Å². The topological polar surface area (TPSA) is 9.86 Å². The summed E-state index contributed by atoms with van der Waals surface area (Å²) in [7, 11) is 0. The molecule has 0 unspecified atom stereocenters. The zero-order valence-corrected chi connectivity index (χ0v) is 29.6. The van der Waals surface area contributed by atoms with Crippen molar-refractivity contribution in [1.29, 1.82) is 0 Å². The first-order valence-electron chi connectivity index (χ1n) is 18.3. The highest BCUT2D eigenvalue weighted by Crippen LogP contribution is 2.46. The third-order valence-electron chi connectivity index (χ3n) is 11.1. The van der Waals surface area contributed by atoms with Crippen LogP contribution in [0.15, 0.2) is 170 Å². The second kappa shape index (κ2) is 12.2. The molecule has 2 aromatic heterocycles. The summed E-state index contributed by atoms with van der Waals surface area (Å²) in [5, 5.41) is 6.60. The number of hydrogen-bond donors (Lipinski definition) is 0. The fraction of sp³-hybridized carbons (Fsp3) is 0. The second-order valence-electron chi connectivity index (χ2n) is 14.3. The Labute approximate surface area is 317 Å². The summed E-state index contributed by atoms with van der Waals surface area (Å²) in [6.45, 7) is 0. The number of halogens is 4. The lowest BCUT2D eigenvalue weighted by Crippen LogP contribution is -1.98. The molecule has 11 rings (SSSR count). The van der Waals surface area contributed by atoms with Crippen molar-refractivity contribution < 1.29 is 17.6 Å². The van der Waals surface area contributed by atoms with Gasteiger partial charge in [0.15, 0.2) is 0 Å². The third-order valence-corrected chi connectivity index (χ3v) is 11.1. The maximum absolute atomic E-state index is 14.6. The molecule has 0 amide bonds. The molecular formula is C50H28F4N2. The number of nitrogens with zero attached hydrogens (tertiary/aromatic N) is 2. The Bertz CT molecular complexity index is 3050. The largest absolute Gasteiger partial charge is 0.309 e. The number of benzene rings is 9. The predicted octanol–water partition coefficient (Wildman–Crippen LogP) is 14.1. The molecule has 9 aromatic carbocycles. The Hall–Kier alpha value is -7.18. The van der Waals surface area contributed by atoms with Crippen molar-refractivity contribution in [3.05, 3.63) is 193 Å². The molecule has 0 aliphatic carbocycles. The second-order valence-corrected chi connectivity index (χ2v) is 14.3. The quantitative estimate of drug-likeness (QED) is 0.126. The van der Waals surface area contributed by atoms with E-state index in [0.29, 0.717) is 21.5 Å². The number of hydrogen-bond acceptors (Lipinski definition) is 0. The van der Waals surface area contributed by atoms with Gasteiger partial charge in [-0.05, 0) is 141 Å². The van der Waals surface area contributed by atoms with Gasteiger partial charge < -0.3 is 9.13 Å². The molecule has 266 valence electrons. The van der Waals surface area contributed by atoms with E-state index in [4.69, 9.17) is 0 Å². The summed E-state index contributed by atoms with van der Waals surface area (Å²) in [5.41, 5.74) is 8.92. The van der Waals surface area contributed by atoms with E-state index in [9.17, 15) is 17.6 Å². The van der Waals surface area contributed by atoms with E-state index in [1.807, 2.05) is 36.4 Å². The summed E-state index contributed by atoms with van der Waals surface area (Å²) < 4.78 is 62.7. The van der Waals surface area contributed by atoms with E-state index in [2.05, 4.69) is 69.8 Å². The van der Waals surface area contributed by atoms with Crippen LogP contribution in [0.1, 0.15) is 0 Å². The molecule has 56 heavy (non-hydrogen) atoms. The molecule has 0 atom stereocenters. The average Bonchev–Trinajstić information content (AvgIpc) is 3.71. The maximum atomic E-state index is 14.6. The van der Waals surface area contributed by atoms with Gasteiger partial charge in [-0.25, -0.2) is 17.6 Å². The zero-order valence-electron chi connectivity index (χ0n) is 29.6. The molecule has 2 heterocycles. The molecule has 0 bridgehead atoms. The molecule has 0 saturated heterocycles. The van der Waals surface area contributed by atoms with Crippen LogP contribution < -0.4 is 0 Å². The van der Waals surface area contributed by atoms with Gasteiger partial charge in [-0.2, -0.15) is 0 Å².